The minimum Gasteiger partial charge on any atom is -0.356 e. The summed E-state index contributed by atoms with van der Waals surface area (Å²) in [7, 11) is 0. The molecule has 1 rings (SSSR count). The molecule has 0 bridgehead atoms. The van der Waals surface area contributed by atoms with Gasteiger partial charge in [-0.2, -0.15) is 0 Å². The molecule has 0 radical (unpaired) electrons. The van der Waals surface area contributed by atoms with Crippen molar-refractivity contribution in [2.45, 2.75) is 46.0 Å². The van der Waals surface area contributed by atoms with Gasteiger partial charge in [0.05, 0.1) is 0 Å². The Morgan fingerprint density at radius 2 is 2.06 bits per heavy atom. The zero-order chi connectivity index (χ0) is 13.5. The van der Waals surface area contributed by atoms with Crippen LogP contribution in [0.2, 0.25) is 0 Å². The van der Waals surface area contributed by atoms with E-state index in [0.717, 1.165) is 19.3 Å². The van der Waals surface area contributed by atoms with Gasteiger partial charge in [0.2, 0.25) is 17.7 Å². The summed E-state index contributed by atoms with van der Waals surface area (Å²) < 4.78 is 0. The van der Waals surface area contributed by atoms with Crippen LogP contribution in [0, 0.1) is 5.92 Å². The molecule has 1 fully saturated rings. The summed E-state index contributed by atoms with van der Waals surface area (Å²) in [4.78, 5) is 35.6. The fourth-order valence-corrected chi connectivity index (χ4v) is 2.10. The molecule has 1 aliphatic heterocycles. The lowest BCUT2D eigenvalue weighted by Gasteiger charge is -2.13. The Kier molecular flexibility index (Phi) is 5.82. The second kappa shape index (κ2) is 7.13. The van der Waals surface area contributed by atoms with E-state index in [1.54, 1.807) is 6.92 Å². The topological polar surface area (TPSA) is 66.5 Å². The molecule has 5 heteroatoms. The third-order valence-corrected chi connectivity index (χ3v) is 3.13. The molecule has 0 spiro atoms. The fourth-order valence-electron chi connectivity index (χ4n) is 2.10. The molecule has 1 aliphatic rings. The zero-order valence-electron chi connectivity index (χ0n) is 11.2. The molecule has 0 aliphatic carbocycles. The van der Waals surface area contributed by atoms with Crippen LogP contribution in [-0.4, -0.2) is 35.7 Å². The van der Waals surface area contributed by atoms with E-state index in [0.29, 0.717) is 25.9 Å². The van der Waals surface area contributed by atoms with Gasteiger partial charge in [0.15, 0.2) is 0 Å². The molecule has 0 aromatic heterocycles. The second-order valence-electron chi connectivity index (χ2n) is 4.75. The van der Waals surface area contributed by atoms with Crippen LogP contribution in [0.5, 0.6) is 0 Å². The highest BCUT2D eigenvalue weighted by Crippen LogP contribution is 2.19. The summed E-state index contributed by atoms with van der Waals surface area (Å²) in [6, 6.07) is 0. The quantitative estimate of drug-likeness (QED) is 0.546. The number of unbranched alkanes of at least 4 members (excludes halogenated alkanes) is 2. The lowest BCUT2D eigenvalue weighted by atomic mass is 10.1. The smallest absolute Gasteiger partial charge is 0.232 e. The Morgan fingerprint density at radius 3 is 2.61 bits per heavy atom. The second-order valence-corrected chi connectivity index (χ2v) is 4.75. The first-order valence-corrected chi connectivity index (χ1v) is 6.67. The van der Waals surface area contributed by atoms with Crippen molar-refractivity contribution < 1.29 is 14.4 Å². The number of nitrogens with zero attached hydrogens (tertiary/aromatic N) is 1. The first-order chi connectivity index (χ1) is 8.56. The van der Waals surface area contributed by atoms with Crippen molar-refractivity contribution in [2.75, 3.05) is 13.1 Å². The van der Waals surface area contributed by atoms with Gasteiger partial charge in [0.25, 0.3) is 0 Å². The lowest BCUT2D eigenvalue weighted by Crippen LogP contribution is -2.31. The third kappa shape index (κ3) is 4.13. The molecule has 0 unspecified atom stereocenters. The number of likely N-dealkylation sites (tertiary alicyclic amines) is 1. The number of rotatable bonds is 7. The minimum absolute atomic E-state index is 0.0521. The molecule has 1 atom stereocenters. The number of hydrogen-bond acceptors (Lipinski definition) is 3. The van der Waals surface area contributed by atoms with E-state index in [1.807, 2.05) is 6.92 Å². The molecule has 0 aromatic carbocycles. The van der Waals surface area contributed by atoms with Gasteiger partial charge in [-0.05, 0) is 19.8 Å². The number of nitrogens with one attached hydrogen (secondary N) is 1. The van der Waals surface area contributed by atoms with Crippen molar-refractivity contribution in [1.82, 2.24) is 10.2 Å². The molecular weight excluding hydrogens is 232 g/mol. The summed E-state index contributed by atoms with van der Waals surface area (Å²) in [5.74, 6) is -0.202. The molecule has 1 N–H and O–H groups in total. The van der Waals surface area contributed by atoms with Crippen LogP contribution in [0.15, 0.2) is 0 Å². The molecule has 1 saturated heterocycles. The van der Waals surface area contributed by atoms with Crippen LogP contribution >= 0.6 is 0 Å². The lowest BCUT2D eigenvalue weighted by molar-refractivity contribution is -0.139. The van der Waals surface area contributed by atoms with Crippen molar-refractivity contribution >= 4 is 17.7 Å². The molecule has 0 saturated carbocycles. The number of carbonyl (C=O) groups is 3. The predicted octanol–water partition coefficient (Wildman–Crippen LogP) is 1.08. The Bertz CT molecular complexity index is 328. The SMILES string of the molecule is CCNC(=O)CCCCCN1C(=O)C[C@H](C)C1=O. The predicted molar refractivity (Wildman–Crippen MR) is 67.7 cm³/mol. The third-order valence-electron chi connectivity index (χ3n) is 3.13. The van der Waals surface area contributed by atoms with Gasteiger partial charge in [0.1, 0.15) is 0 Å². The maximum atomic E-state index is 11.6. The van der Waals surface area contributed by atoms with Gasteiger partial charge in [0, 0.05) is 31.8 Å². The molecule has 102 valence electrons. The maximum Gasteiger partial charge on any atom is 0.232 e. The number of carbonyl (C=O) groups excluding carboxylic acids is 3. The van der Waals surface area contributed by atoms with Gasteiger partial charge in [-0.15, -0.1) is 0 Å². The van der Waals surface area contributed by atoms with E-state index < -0.39 is 0 Å². The molecule has 5 nitrogen and oxygen atoms in total. The van der Waals surface area contributed by atoms with E-state index >= 15 is 0 Å². The number of imide groups is 1. The van der Waals surface area contributed by atoms with Gasteiger partial charge in [-0.25, -0.2) is 0 Å². The van der Waals surface area contributed by atoms with Crippen LogP contribution in [0.4, 0.5) is 0 Å². The van der Waals surface area contributed by atoms with Crippen molar-refractivity contribution in [3.63, 3.8) is 0 Å². The van der Waals surface area contributed by atoms with Crippen LogP contribution in [0.3, 0.4) is 0 Å². The Hall–Kier alpha value is -1.39. The van der Waals surface area contributed by atoms with Gasteiger partial charge >= 0.3 is 0 Å². The Morgan fingerprint density at radius 1 is 1.33 bits per heavy atom. The number of amides is 3. The fraction of sp³-hybridized carbons (Fsp3) is 0.769. The highest BCUT2D eigenvalue weighted by molar-refractivity contribution is 6.03. The average molecular weight is 254 g/mol. The molecule has 0 aromatic rings. The summed E-state index contributed by atoms with van der Waals surface area (Å²) in [5.41, 5.74) is 0. The summed E-state index contributed by atoms with van der Waals surface area (Å²) in [5, 5.41) is 2.74. The highest BCUT2D eigenvalue weighted by Gasteiger charge is 2.34. The first kappa shape index (κ1) is 14.7. The largest absolute Gasteiger partial charge is 0.356 e. The van der Waals surface area contributed by atoms with Crippen molar-refractivity contribution in [3.05, 3.63) is 0 Å². The van der Waals surface area contributed by atoms with Crippen LogP contribution < -0.4 is 5.32 Å². The zero-order valence-corrected chi connectivity index (χ0v) is 11.2. The van der Waals surface area contributed by atoms with Crippen LogP contribution in [-0.2, 0) is 14.4 Å². The van der Waals surface area contributed by atoms with E-state index in [4.69, 9.17) is 0 Å². The van der Waals surface area contributed by atoms with E-state index in [9.17, 15) is 14.4 Å². The molecule has 18 heavy (non-hydrogen) atoms. The molecule has 1 heterocycles. The Labute approximate surface area is 108 Å². The summed E-state index contributed by atoms with van der Waals surface area (Å²) >= 11 is 0. The highest BCUT2D eigenvalue weighted by atomic mass is 16.2. The Balaban J connectivity index is 2.13. The normalized spacial score (nSPS) is 19.4. The van der Waals surface area contributed by atoms with Crippen LogP contribution in [0.1, 0.15) is 46.0 Å². The molecular formula is C13H22N2O3. The van der Waals surface area contributed by atoms with E-state index in [2.05, 4.69) is 5.32 Å². The van der Waals surface area contributed by atoms with E-state index in [1.165, 1.54) is 4.90 Å². The van der Waals surface area contributed by atoms with E-state index in [-0.39, 0.29) is 23.6 Å². The summed E-state index contributed by atoms with van der Waals surface area (Å²) in [6.07, 6.45) is 3.31. The minimum atomic E-state index is -0.159. The van der Waals surface area contributed by atoms with Crippen molar-refractivity contribution in [1.29, 1.82) is 0 Å². The monoisotopic (exact) mass is 254 g/mol. The number of hydrogen-bond donors (Lipinski definition) is 1. The van der Waals surface area contributed by atoms with Crippen molar-refractivity contribution in [2.24, 2.45) is 5.92 Å². The maximum absolute atomic E-state index is 11.6. The molecule has 3 amide bonds. The average Bonchev–Trinajstić information content (AvgIpc) is 2.55. The van der Waals surface area contributed by atoms with Crippen molar-refractivity contribution in [3.8, 4) is 0 Å². The summed E-state index contributed by atoms with van der Waals surface area (Å²) in [6.45, 7) is 4.84. The van der Waals surface area contributed by atoms with Gasteiger partial charge < -0.3 is 5.32 Å². The van der Waals surface area contributed by atoms with Gasteiger partial charge in [-0.1, -0.05) is 13.3 Å². The first-order valence-electron chi connectivity index (χ1n) is 6.67. The standard InChI is InChI=1S/C13H22N2O3/c1-3-14-11(16)7-5-4-6-8-15-12(17)9-10(2)13(15)18/h10H,3-9H2,1-2H3,(H,14,16)/t10-/m0/s1. The van der Waals surface area contributed by atoms with Gasteiger partial charge in [-0.3, -0.25) is 19.3 Å². The van der Waals surface area contributed by atoms with Crippen LogP contribution in [0.25, 0.3) is 0 Å².